The van der Waals surface area contributed by atoms with Crippen molar-refractivity contribution >= 4 is 21.8 Å². The number of hydrogen-bond donors (Lipinski definition) is 0. The van der Waals surface area contributed by atoms with Crippen LogP contribution in [-0.2, 0) is 25.7 Å². The molecule has 0 spiro atoms. The maximum absolute atomic E-state index is 4.86. The summed E-state index contributed by atoms with van der Waals surface area (Å²) in [6, 6.07) is 27.0. The summed E-state index contributed by atoms with van der Waals surface area (Å²) >= 11 is 0. The molecule has 3 aromatic carbocycles. The van der Waals surface area contributed by atoms with Gasteiger partial charge in [-0.25, -0.2) is 0 Å². The molecule has 5 aromatic rings. The lowest BCUT2D eigenvalue weighted by Gasteiger charge is -2.19. The summed E-state index contributed by atoms with van der Waals surface area (Å²) in [5.41, 5.74) is 10.5. The molecule has 0 bridgehead atoms. The van der Waals surface area contributed by atoms with E-state index in [1.54, 1.807) is 0 Å². The highest BCUT2D eigenvalue weighted by Gasteiger charge is 2.15. The molecule has 6 rings (SSSR count). The summed E-state index contributed by atoms with van der Waals surface area (Å²) < 4.78 is 2.37. The zero-order chi connectivity index (χ0) is 21.7. The lowest BCUT2D eigenvalue weighted by Crippen LogP contribution is -2.08. The number of para-hydroxylation sites is 1. The number of benzene rings is 3. The van der Waals surface area contributed by atoms with Crippen molar-refractivity contribution in [1.29, 1.82) is 0 Å². The van der Waals surface area contributed by atoms with Gasteiger partial charge in [0, 0.05) is 22.9 Å². The summed E-state index contributed by atoms with van der Waals surface area (Å²) in [4.78, 5) is 4.86. The zero-order valence-electron chi connectivity index (χ0n) is 18.8. The Hall–Kier alpha value is -3.39. The lowest BCUT2D eigenvalue weighted by atomic mass is 9.86. The van der Waals surface area contributed by atoms with E-state index in [0.29, 0.717) is 5.92 Å². The van der Waals surface area contributed by atoms with Crippen molar-refractivity contribution in [3.63, 3.8) is 0 Å². The molecule has 0 amide bonds. The van der Waals surface area contributed by atoms with E-state index in [4.69, 9.17) is 4.98 Å². The van der Waals surface area contributed by atoms with Crippen LogP contribution >= 0.6 is 0 Å². The van der Waals surface area contributed by atoms with Gasteiger partial charge in [-0.05, 0) is 71.7 Å². The van der Waals surface area contributed by atoms with Crippen LogP contribution in [0.2, 0.25) is 0 Å². The molecule has 0 radical (unpaired) electrons. The number of rotatable bonds is 5. The SMILES string of the molecule is CC(C)Cc1ccc2c3ccccc3n(-c3ccc(Cc4ccc5c(c4)CC5)nc3)c2c1. The van der Waals surface area contributed by atoms with E-state index in [1.807, 2.05) is 6.20 Å². The quantitative estimate of drug-likeness (QED) is 0.300. The minimum atomic E-state index is 0.640. The van der Waals surface area contributed by atoms with Crippen LogP contribution in [0.3, 0.4) is 0 Å². The van der Waals surface area contributed by atoms with Gasteiger partial charge < -0.3 is 4.57 Å². The monoisotopic (exact) mass is 416 g/mol. The number of aryl methyl sites for hydroxylation is 2. The van der Waals surface area contributed by atoms with E-state index in [-0.39, 0.29) is 0 Å². The second-order valence-corrected chi connectivity index (χ2v) is 9.59. The third-order valence-corrected chi connectivity index (χ3v) is 6.77. The van der Waals surface area contributed by atoms with E-state index in [2.05, 4.69) is 91.2 Å². The minimum absolute atomic E-state index is 0.640. The molecule has 0 fully saturated rings. The Kier molecular flexibility index (Phi) is 4.61. The van der Waals surface area contributed by atoms with E-state index >= 15 is 0 Å². The first-order chi connectivity index (χ1) is 15.7. The van der Waals surface area contributed by atoms with E-state index in [9.17, 15) is 0 Å². The zero-order valence-corrected chi connectivity index (χ0v) is 18.8. The second kappa shape index (κ2) is 7.63. The van der Waals surface area contributed by atoms with Crippen molar-refractivity contribution in [3.8, 4) is 5.69 Å². The van der Waals surface area contributed by atoms with Crippen LogP contribution < -0.4 is 0 Å². The number of fused-ring (bicyclic) bond motifs is 4. The van der Waals surface area contributed by atoms with Crippen LogP contribution in [0.1, 0.15) is 41.8 Å². The third-order valence-electron chi connectivity index (χ3n) is 6.77. The van der Waals surface area contributed by atoms with Gasteiger partial charge in [0.25, 0.3) is 0 Å². The van der Waals surface area contributed by atoms with E-state index in [0.717, 1.165) is 24.2 Å². The highest BCUT2D eigenvalue weighted by atomic mass is 15.0. The first kappa shape index (κ1) is 19.3. The average Bonchev–Trinajstić information content (AvgIpc) is 3.09. The van der Waals surface area contributed by atoms with Crippen molar-refractivity contribution in [1.82, 2.24) is 9.55 Å². The summed E-state index contributed by atoms with van der Waals surface area (Å²) in [5.74, 6) is 0.640. The van der Waals surface area contributed by atoms with Gasteiger partial charge in [-0.2, -0.15) is 0 Å². The van der Waals surface area contributed by atoms with Crippen molar-refractivity contribution < 1.29 is 0 Å². The summed E-state index contributed by atoms with van der Waals surface area (Å²) in [5, 5.41) is 2.60. The summed E-state index contributed by atoms with van der Waals surface area (Å²) in [6.45, 7) is 4.56. The molecule has 0 N–H and O–H groups in total. The smallest absolute Gasteiger partial charge is 0.0645 e. The van der Waals surface area contributed by atoms with Crippen molar-refractivity contribution in [2.24, 2.45) is 5.92 Å². The molecule has 0 aliphatic heterocycles. The topological polar surface area (TPSA) is 17.8 Å². The van der Waals surface area contributed by atoms with Crippen LogP contribution in [0.5, 0.6) is 0 Å². The van der Waals surface area contributed by atoms with Gasteiger partial charge in [-0.15, -0.1) is 0 Å². The fourth-order valence-electron chi connectivity index (χ4n) is 5.11. The Bertz CT molecular complexity index is 1440. The molecule has 158 valence electrons. The van der Waals surface area contributed by atoms with E-state index in [1.165, 1.54) is 56.9 Å². The molecular formula is C30H28N2. The molecule has 1 aliphatic carbocycles. The molecular weight excluding hydrogens is 388 g/mol. The predicted molar refractivity (Wildman–Crippen MR) is 134 cm³/mol. The third kappa shape index (κ3) is 3.31. The lowest BCUT2D eigenvalue weighted by molar-refractivity contribution is 0.647. The molecule has 2 nitrogen and oxygen atoms in total. The Balaban J connectivity index is 1.41. The van der Waals surface area contributed by atoms with Gasteiger partial charge in [0.15, 0.2) is 0 Å². The molecule has 1 aliphatic rings. The number of pyridine rings is 1. The number of nitrogens with zero attached hydrogens (tertiary/aromatic N) is 2. The Morgan fingerprint density at radius 2 is 1.59 bits per heavy atom. The van der Waals surface area contributed by atoms with Crippen LogP contribution in [0.15, 0.2) is 79.0 Å². The standard InChI is InChI=1S/C30H28N2/c1-20(2)15-21-8-14-28-27-5-3-4-6-29(27)32(30(28)18-21)26-13-12-25(31-19-26)17-22-7-9-23-10-11-24(23)16-22/h3-9,12-14,16,18-20H,10-11,15,17H2,1-2H3. The Morgan fingerprint density at radius 3 is 2.34 bits per heavy atom. The maximum Gasteiger partial charge on any atom is 0.0645 e. The fraction of sp³-hybridized carbons (Fsp3) is 0.233. The molecule has 2 heterocycles. The molecule has 0 atom stereocenters. The van der Waals surface area contributed by atoms with Gasteiger partial charge in [0.2, 0.25) is 0 Å². The maximum atomic E-state index is 4.86. The van der Waals surface area contributed by atoms with Gasteiger partial charge in [-0.3, -0.25) is 4.98 Å². The molecule has 2 aromatic heterocycles. The number of aromatic nitrogens is 2. The molecule has 0 saturated carbocycles. The molecule has 2 heteroatoms. The summed E-state index contributed by atoms with van der Waals surface area (Å²) in [6.07, 6.45) is 6.48. The molecule has 0 saturated heterocycles. The van der Waals surface area contributed by atoms with Gasteiger partial charge in [0.1, 0.15) is 0 Å². The van der Waals surface area contributed by atoms with Gasteiger partial charge in [-0.1, -0.05) is 62.4 Å². The molecule has 0 unspecified atom stereocenters. The minimum Gasteiger partial charge on any atom is -0.308 e. The first-order valence-corrected chi connectivity index (χ1v) is 11.7. The summed E-state index contributed by atoms with van der Waals surface area (Å²) in [7, 11) is 0. The normalized spacial score (nSPS) is 13.0. The predicted octanol–water partition coefficient (Wildman–Crippen LogP) is 7.07. The van der Waals surface area contributed by atoms with Crippen LogP contribution in [0.4, 0.5) is 0 Å². The van der Waals surface area contributed by atoms with Crippen molar-refractivity contribution in [2.45, 2.75) is 39.5 Å². The highest BCUT2D eigenvalue weighted by Crippen LogP contribution is 2.33. The fourth-order valence-corrected chi connectivity index (χ4v) is 5.11. The van der Waals surface area contributed by atoms with Crippen LogP contribution in [0, 0.1) is 5.92 Å². The van der Waals surface area contributed by atoms with Gasteiger partial charge >= 0.3 is 0 Å². The Labute approximate surface area is 189 Å². The number of hydrogen-bond acceptors (Lipinski definition) is 1. The van der Waals surface area contributed by atoms with Crippen LogP contribution in [-0.4, -0.2) is 9.55 Å². The van der Waals surface area contributed by atoms with Crippen molar-refractivity contribution in [2.75, 3.05) is 0 Å². The Morgan fingerprint density at radius 1 is 0.781 bits per heavy atom. The van der Waals surface area contributed by atoms with E-state index < -0.39 is 0 Å². The molecule has 32 heavy (non-hydrogen) atoms. The van der Waals surface area contributed by atoms with Crippen molar-refractivity contribution in [3.05, 3.63) is 107 Å². The van der Waals surface area contributed by atoms with Crippen LogP contribution in [0.25, 0.3) is 27.5 Å². The largest absolute Gasteiger partial charge is 0.308 e. The van der Waals surface area contributed by atoms with Gasteiger partial charge in [0.05, 0.1) is 22.9 Å². The first-order valence-electron chi connectivity index (χ1n) is 11.7. The average molecular weight is 417 g/mol. The second-order valence-electron chi connectivity index (χ2n) is 9.59. The highest BCUT2D eigenvalue weighted by molar-refractivity contribution is 6.09.